The first kappa shape index (κ1) is 40.1. The molecule has 2 atom stereocenters. The van der Waals surface area contributed by atoms with Crippen LogP contribution in [0.25, 0.3) is 55.6 Å². The van der Waals surface area contributed by atoms with Crippen molar-refractivity contribution in [2.75, 3.05) is 4.90 Å². The molecule has 0 aliphatic heterocycles. The molecule has 14 rings (SSSR count). The largest absolute Gasteiger partial charge is 0.310 e. The fraction of sp³-hybridized carbons (Fsp3) is 0.118. The van der Waals surface area contributed by atoms with Gasteiger partial charge in [-0.3, -0.25) is 0 Å². The summed E-state index contributed by atoms with van der Waals surface area (Å²) in [7, 11) is 0. The number of nitrogens with zero attached hydrogens (tertiary/aromatic N) is 1. The Morgan fingerprint density at radius 2 is 0.870 bits per heavy atom. The normalized spacial score (nSPS) is 18.2. The van der Waals surface area contributed by atoms with Gasteiger partial charge < -0.3 is 4.90 Å². The third kappa shape index (κ3) is 5.53. The molecule has 1 heteroatoms. The maximum atomic E-state index is 2.54. The summed E-state index contributed by atoms with van der Waals surface area (Å²) in [5.74, 6) is 0. The Labute approximate surface area is 406 Å². The van der Waals surface area contributed by atoms with Gasteiger partial charge in [0.2, 0.25) is 0 Å². The summed E-state index contributed by atoms with van der Waals surface area (Å²) in [6.45, 7) is 7.20. The van der Waals surface area contributed by atoms with Crippen molar-refractivity contribution < 1.29 is 0 Å². The Kier molecular flexibility index (Phi) is 8.57. The molecule has 0 fully saturated rings. The molecule has 4 aliphatic rings. The van der Waals surface area contributed by atoms with Gasteiger partial charge in [-0.25, -0.2) is 0 Å². The molecule has 4 aliphatic carbocycles. The summed E-state index contributed by atoms with van der Waals surface area (Å²) < 4.78 is 0. The van der Waals surface area contributed by atoms with Crippen molar-refractivity contribution in [3.05, 3.63) is 281 Å². The van der Waals surface area contributed by atoms with Gasteiger partial charge in [0.15, 0.2) is 0 Å². The lowest BCUT2D eigenvalue weighted by Crippen LogP contribution is -2.24. The molecular formula is C68H51N. The number of hydrogen-bond acceptors (Lipinski definition) is 1. The van der Waals surface area contributed by atoms with Crippen LogP contribution in [-0.2, 0) is 22.7 Å². The zero-order chi connectivity index (χ0) is 46.1. The molecular weight excluding hydrogens is 831 g/mol. The number of aryl methyl sites for hydroxylation is 1. The highest BCUT2D eigenvalue weighted by molar-refractivity contribution is 5.96. The van der Waals surface area contributed by atoms with E-state index >= 15 is 0 Å². The van der Waals surface area contributed by atoms with Crippen LogP contribution in [0.3, 0.4) is 0 Å². The van der Waals surface area contributed by atoms with Crippen LogP contribution in [0.5, 0.6) is 0 Å². The quantitative estimate of drug-likeness (QED) is 0.161. The monoisotopic (exact) mass is 881 g/mol. The van der Waals surface area contributed by atoms with Gasteiger partial charge in [0.1, 0.15) is 0 Å². The van der Waals surface area contributed by atoms with E-state index in [0.717, 1.165) is 29.9 Å². The van der Waals surface area contributed by atoms with Crippen molar-refractivity contribution >= 4 is 17.1 Å². The zero-order valence-electron chi connectivity index (χ0n) is 39.3. The van der Waals surface area contributed by atoms with E-state index in [1.807, 2.05) is 0 Å². The summed E-state index contributed by atoms with van der Waals surface area (Å²) in [5.41, 5.74) is 28.3. The van der Waals surface area contributed by atoms with Gasteiger partial charge >= 0.3 is 0 Å². The van der Waals surface area contributed by atoms with Gasteiger partial charge in [-0.1, -0.05) is 208 Å². The van der Waals surface area contributed by atoms with Gasteiger partial charge in [0, 0.05) is 33.2 Å². The molecule has 0 saturated heterocycles. The van der Waals surface area contributed by atoms with Crippen LogP contribution < -0.4 is 4.90 Å². The molecule has 10 aromatic rings. The molecule has 1 spiro atoms. The van der Waals surface area contributed by atoms with Crippen LogP contribution in [0.2, 0.25) is 0 Å². The van der Waals surface area contributed by atoms with E-state index < -0.39 is 0 Å². The minimum Gasteiger partial charge on any atom is -0.310 e. The van der Waals surface area contributed by atoms with Gasteiger partial charge in [-0.05, 0) is 156 Å². The molecule has 10 aromatic carbocycles. The second-order valence-electron chi connectivity index (χ2n) is 20.4. The van der Waals surface area contributed by atoms with Crippen LogP contribution in [0, 0.1) is 0 Å². The van der Waals surface area contributed by atoms with E-state index in [-0.39, 0.29) is 16.2 Å². The molecule has 0 bridgehead atoms. The van der Waals surface area contributed by atoms with E-state index in [1.165, 1.54) is 106 Å². The van der Waals surface area contributed by atoms with E-state index in [4.69, 9.17) is 0 Å². The fourth-order valence-corrected chi connectivity index (χ4v) is 13.6. The van der Waals surface area contributed by atoms with E-state index in [1.54, 1.807) is 0 Å². The Balaban J connectivity index is 0.951. The third-order valence-corrected chi connectivity index (χ3v) is 16.8. The molecule has 328 valence electrons. The SMILES string of the molecule is CC1(C)c2ccccc2-c2cccc(-c3ccccc3N(c3ccc(-c4ccc5c(c4)C(C)(c4ccccc4)c4ccccc4-5)cc3)c3ccc4c(c3)C3(CCc5ccccc53)c3ccccc3-4)c21. The third-order valence-electron chi connectivity index (χ3n) is 16.8. The first-order chi connectivity index (χ1) is 33.9. The van der Waals surface area contributed by atoms with E-state index in [0.29, 0.717) is 0 Å². The number of anilines is 3. The first-order valence-electron chi connectivity index (χ1n) is 24.7. The lowest BCUT2D eigenvalue weighted by atomic mass is 9.73. The maximum absolute atomic E-state index is 2.54. The highest BCUT2D eigenvalue weighted by Gasteiger charge is 2.49. The highest BCUT2D eigenvalue weighted by atomic mass is 15.1. The predicted molar refractivity (Wildman–Crippen MR) is 287 cm³/mol. The van der Waals surface area contributed by atoms with Gasteiger partial charge in [-0.2, -0.15) is 0 Å². The number of rotatable bonds is 6. The maximum Gasteiger partial charge on any atom is 0.0540 e. The topological polar surface area (TPSA) is 3.24 Å². The van der Waals surface area contributed by atoms with Crippen LogP contribution in [0.15, 0.2) is 231 Å². The number of hydrogen-bond donors (Lipinski definition) is 0. The smallest absolute Gasteiger partial charge is 0.0540 e. The number of fused-ring (bicyclic) bond motifs is 13. The second kappa shape index (κ2) is 14.7. The minimum atomic E-state index is -0.262. The van der Waals surface area contributed by atoms with Gasteiger partial charge in [0.25, 0.3) is 0 Å². The summed E-state index contributed by atoms with van der Waals surface area (Å²) in [4.78, 5) is 2.54. The number of benzene rings is 10. The second-order valence-corrected chi connectivity index (χ2v) is 20.4. The van der Waals surface area contributed by atoms with Gasteiger partial charge in [-0.15, -0.1) is 0 Å². The summed E-state index contributed by atoms with van der Waals surface area (Å²) >= 11 is 0. The fourth-order valence-electron chi connectivity index (χ4n) is 13.6. The zero-order valence-corrected chi connectivity index (χ0v) is 39.3. The number of para-hydroxylation sites is 1. The minimum absolute atomic E-state index is 0.169. The van der Waals surface area contributed by atoms with Crippen molar-refractivity contribution in [3.8, 4) is 55.6 Å². The predicted octanol–water partition coefficient (Wildman–Crippen LogP) is 17.4. The molecule has 0 amide bonds. The van der Waals surface area contributed by atoms with Crippen LogP contribution in [0.4, 0.5) is 17.1 Å². The summed E-state index contributed by atoms with van der Waals surface area (Å²) in [6.07, 6.45) is 2.13. The molecule has 2 unspecified atom stereocenters. The molecule has 1 nitrogen and oxygen atoms in total. The Hall–Kier alpha value is -8.00. The molecule has 0 radical (unpaired) electrons. The van der Waals surface area contributed by atoms with Crippen LogP contribution in [-0.4, -0.2) is 0 Å². The standard InChI is InChI=1S/C68H51N/c1-66(2)59-28-13-8-23-52(59)56-25-17-26-57(65(56)66)55-24-11-16-31-64(55)69(49-37-39-54-51-22-10-15-30-61(51)68(63(54)43-49)41-40-45-18-7-12-27-58(45)68)48-35-32-44(33-36-48)46-34-38-53-50-21-9-14-29-60(50)67(3,62(53)42-46)47-19-5-4-6-20-47/h4-39,42-43H,40-41H2,1-3H3. The van der Waals surface area contributed by atoms with E-state index in [2.05, 4.69) is 256 Å². The Morgan fingerprint density at radius 3 is 1.64 bits per heavy atom. The van der Waals surface area contributed by atoms with Crippen LogP contribution in [0.1, 0.15) is 77.3 Å². The van der Waals surface area contributed by atoms with Crippen molar-refractivity contribution in [2.24, 2.45) is 0 Å². The highest BCUT2D eigenvalue weighted by Crippen LogP contribution is 2.60. The molecule has 0 saturated carbocycles. The molecule has 69 heavy (non-hydrogen) atoms. The van der Waals surface area contributed by atoms with Crippen molar-refractivity contribution in [3.63, 3.8) is 0 Å². The van der Waals surface area contributed by atoms with Gasteiger partial charge in [0.05, 0.1) is 5.69 Å². The average Bonchev–Trinajstić information content (AvgIpc) is 4.09. The Morgan fingerprint density at radius 1 is 0.348 bits per heavy atom. The Bertz CT molecular complexity index is 3720. The molecule has 0 heterocycles. The lowest BCUT2D eigenvalue weighted by Gasteiger charge is -2.32. The summed E-state index contributed by atoms with van der Waals surface area (Å²) in [5, 5.41) is 0. The molecule has 0 aromatic heterocycles. The van der Waals surface area contributed by atoms with Crippen molar-refractivity contribution in [1.29, 1.82) is 0 Å². The first-order valence-corrected chi connectivity index (χ1v) is 24.7. The van der Waals surface area contributed by atoms with E-state index in [9.17, 15) is 0 Å². The molecule has 0 N–H and O–H groups in total. The lowest BCUT2D eigenvalue weighted by molar-refractivity contribution is 0.626. The van der Waals surface area contributed by atoms with Crippen molar-refractivity contribution in [2.45, 2.75) is 49.9 Å². The van der Waals surface area contributed by atoms with Crippen LogP contribution >= 0.6 is 0 Å². The van der Waals surface area contributed by atoms with Crippen molar-refractivity contribution in [1.82, 2.24) is 0 Å². The summed E-state index contributed by atoms with van der Waals surface area (Å²) in [6, 6.07) is 87.2. The average molecular weight is 882 g/mol.